The second-order valence-corrected chi connectivity index (χ2v) is 8.72. The van der Waals surface area contributed by atoms with Gasteiger partial charge in [-0.3, -0.25) is 0 Å². The van der Waals surface area contributed by atoms with Gasteiger partial charge in [-0.25, -0.2) is 9.78 Å². The molecule has 3 aromatic rings. The van der Waals surface area contributed by atoms with Gasteiger partial charge in [0.25, 0.3) is 0 Å². The number of aromatic nitrogens is 2. The zero-order chi connectivity index (χ0) is 22.3. The topological polar surface area (TPSA) is 87.3 Å². The van der Waals surface area contributed by atoms with Crippen molar-refractivity contribution in [1.29, 1.82) is 0 Å². The molecule has 1 aliphatic rings. The van der Waals surface area contributed by atoms with Gasteiger partial charge in [-0.15, -0.1) is 0 Å². The molecule has 164 valence electrons. The highest BCUT2D eigenvalue weighted by atomic mass is 35.5. The summed E-state index contributed by atoms with van der Waals surface area (Å²) in [6.07, 6.45) is 3.88. The quantitative estimate of drug-likeness (QED) is 0.573. The summed E-state index contributed by atoms with van der Waals surface area (Å²) in [6.45, 7) is 2.55. The first kappa shape index (κ1) is 21.7. The molecule has 1 aromatic carbocycles. The number of pyridine rings is 1. The van der Waals surface area contributed by atoms with Crippen LogP contribution >= 0.6 is 23.2 Å². The molecule has 1 aliphatic heterocycles. The number of likely N-dealkylation sites (tertiary alicyclic amines) is 1. The van der Waals surface area contributed by atoms with Crippen molar-refractivity contribution in [1.82, 2.24) is 14.3 Å². The molecule has 3 heterocycles. The molecule has 1 unspecified atom stereocenters. The number of amides is 1. The first-order valence-electron chi connectivity index (χ1n) is 9.94. The first-order valence-corrected chi connectivity index (χ1v) is 10.7. The number of piperidine rings is 1. The molecule has 0 radical (unpaired) electrons. The minimum absolute atomic E-state index is 0.0880. The molecule has 2 aromatic heterocycles. The van der Waals surface area contributed by atoms with E-state index >= 15 is 0 Å². The number of halogens is 2. The summed E-state index contributed by atoms with van der Waals surface area (Å²) in [5.41, 5.74) is 1.48. The fourth-order valence-corrected chi connectivity index (χ4v) is 4.62. The Morgan fingerprint density at radius 2 is 1.97 bits per heavy atom. The lowest BCUT2D eigenvalue weighted by Crippen LogP contribution is -2.44. The average Bonchev–Trinajstić information content (AvgIpc) is 3.20. The monoisotopic (exact) mass is 463 g/mol. The second-order valence-electron chi connectivity index (χ2n) is 7.94. The van der Waals surface area contributed by atoms with Crippen molar-refractivity contribution in [3.8, 4) is 16.9 Å². The Morgan fingerprint density at radius 1 is 1.26 bits per heavy atom. The number of nitrogens with zero attached hydrogens (tertiary/aromatic N) is 3. The van der Waals surface area contributed by atoms with Crippen LogP contribution in [0.25, 0.3) is 16.8 Å². The van der Waals surface area contributed by atoms with E-state index in [9.17, 15) is 9.90 Å². The Labute approximate surface area is 189 Å². The molecule has 4 rings (SSSR count). The number of hydrogen-bond acceptors (Lipinski definition) is 4. The van der Waals surface area contributed by atoms with Crippen LogP contribution in [0.1, 0.15) is 25.5 Å². The molecule has 0 saturated carbocycles. The van der Waals surface area contributed by atoms with Crippen molar-refractivity contribution in [2.45, 2.75) is 25.4 Å². The van der Waals surface area contributed by atoms with E-state index in [1.54, 1.807) is 32.4 Å². The van der Waals surface area contributed by atoms with Crippen LogP contribution in [0.15, 0.2) is 36.7 Å². The van der Waals surface area contributed by atoms with E-state index in [0.717, 1.165) is 5.56 Å². The maximum absolute atomic E-state index is 11.3. The molecule has 31 heavy (non-hydrogen) atoms. The fourth-order valence-electron chi connectivity index (χ4n) is 4.20. The molecule has 1 fully saturated rings. The smallest absolute Gasteiger partial charge is 0.407 e. The van der Waals surface area contributed by atoms with Gasteiger partial charge < -0.3 is 24.3 Å². The SMILES string of the molecule is COc1ccc(Cl)c(Cl)c1-c1ccn2cc(C(C)(O)C3CCN(C(=O)O)CC3)nc2c1. The number of ether oxygens (including phenoxy) is 1. The van der Waals surface area contributed by atoms with E-state index in [4.69, 9.17) is 33.0 Å². The Morgan fingerprint density at radius 3 is 2.61 bits per heavy atom. The third kappa shape index (κ3) is 3.93. The highest BCUT2D eigenvalue weighted by Crippen LogP contribution is 2.41. The number of fused-ring (bicyclic) bond motifs is 1. The Balaban J connectivity index is 1.67. The Hall–Kier alpha value is -2.48. The van der Waals surface area contributed by atoms with Gasteiger partial charge in [-0.2, -0.15) is 0 Å². The highest BCUT2D eigenvalue weighted by Gasteiger charge is 2.38. The Kier molecular flexibility index (Phi) is 5.77. The molecular weight excluding hydrogens is 441 g/mol. The summed E-state index contributed by atoms with van der Waals surface area (Å²) in [5, 5.41) is 21.3. The largest absolute Gasteiger partial charge is 0.496 e. The Bertz CT molecular complexity index is 1140. The minimum Gasteiger partial charge on any atom is -0.496 e. The van der Waals surface area contributed by atoms with E-state index in [0.29, 0.717) is 58.6 Å². The lowest BCUT2D eigenvalue weighted by Gasteiger charge is -2.37. The predicted octanol–water partition coefficient (Wildman–Crippen LogP) is 4.91. The third-order valence-electron chi connectivity index (χ3n) is 6.10. The third-order valence-corrected chi connectivity index (χ3v) is 6.91. The van der Waals surface area contributed by atoms with Gasteiger partial charge in [0.15, 0.2) is 0 Å². The van der Waals surface area contributed by atoms with Gasteiger partial charge in [0.1, 0.15) is 17.0 Å². The van der Waals surface area contributed by atoms with Crippen LogP contribution in [0.3, 0.4) is 0 Å². The molecule has 7 nitrogen and oxygen atoms in total. The van der Waals surface area contributed by atoms with Gasteiger partial charge in [0.05, 0.1) is 22.8 Å². The number of benzene rings is 1. The van der Waals surface area contributed by atoms with Crippen LogP contribution in [0.5, 0.6) is 5.75 Å². The fraction of sp³-hybridized carbons (Fsp3) is 0.364. The molecule has 2 N–H and O–H groups in total. The van der Waals surface area contributed by atoms with Gasteiger partial charge in [0.2, 0.25) is 0 Å². The summed E-state index contributed by atoms with van der Waals surface area (Å²) < 4.78 is 7.29. The van der Waals surface area contributed by atoms with Crippen molar-refractivity contribution in [2.24, 2.45) is 5.92 Å². The molecule has 1 atom stereocenters. The maximum atomic E-state index is 11.3. The predicted molar refractivity (Wildman–Crippen MR) is 119 cm³/mol. The summed E-state index contributed by atoms with van der Waals surface area (Å²) in [7, 11) is 1.57. The number of rotatable bonds is 4. The van der Waals surface area contributed by atoms with Gasteiger partial charge in [-0.1, -0.05) is 23.2 Å². The number of hydrogen-bond donors (Lipinski definition) is 2. The lowest BCUT2D eigenvalue weighted by atomic mass is 9.80. The van der Waals surface area contributed by atoms with E-state index in [-0.39, 0.29) is 5.92 Å². The van der Waals surface area contributed by atoms with Gasteiger partial charge >= 0.3 is 6.09 Å². The molecule has 0 aliphatic carbocycles. The van der Waals surface area contributed by atoms with E-state index in [1.165, 1.54) is 4.90 Å². The zero-order valence-corrected chi connectivity index (χ0v) is 18.7. The van der Waals surface area contributed by atoms with Crippen molar-refractivity contribution < 1.29 is 19.7 Å². The minimum atomic E-state index is -1.18. The number of imidazole rings is 1. The summed E-state index contributed by atoms with van der Waals surface area (Å²) >= 11 is 12.7. The molecule has 1 saturated heterocycles. The molecule has 1 amide bonds. The van der Waals surface area contributed by atoms with Gasteiger partial charge in [0, 0.05) is 31.0 Å². The summed E-state index contributed by atoms with van der Waals surface area (Å²) in [6, 6.07) is 7.20. The van der Waals surface area contributed by atoms with Crippen molar-refractivity contribution in [2.75, 3.05) is 20.2 Å². The van der Waals surface area contributed by atoms with Gasteiger partial charge in [-0.05, 0) is 55.5 Å². The van der Waals surface area contributed by atoms with Crippen molar-refractivity contribution in [3.05, 3.63) is 52.4 Å². The van der Waals surface area contributed by atoms with Crippen LogP contribution in [0.4, 0.5) is 4.79 Å². The van der Waals surface area contributed by atoms with Crippen LogP contribution in [-0.2, 0) is 5.60 Å². The standard InChI is InChI=1S/C22H23Cl2N3O4/c1-22(30,14-6-9-26(10-7-14)21(28)29)17-12-27-8-5-13(11-18(27)25-17)19-16(31-2)4-3-15(23)20(19)24/h3-5,8,11-12,14,30H,6-7,9-10H2,1-2H3,(H,28,29). The molecular formula is C22H23Cl2N3O4. The lowest BCUT2D eigenvalue weighted by molar-refractivity contribution is -0.0338. The molecule has 0 bridgehead atoms. The van der Waals surface area contributed by atoms with E-state index < -0.39 is 11.7 Å². The van der Waals surface area contributed by atoms with Crippen molar-refractivity contribution in [3.63, 3.8) is 0 Å². The van der Waals surface area contributed by atoms with E-state index in [2.05, 4.69) is 4.98 Å². The van der Waals surface area contributed by atoms with E-state index in [1.807, 2.05) is 22.7 Å². The normalized spacial score (nSPS) is 17.0. The maximum Gasteiger partial charge on any atom is 0.407 e. The van der Waals surface area contributed by atoms with Crippen LogP contribution in [-0.4, -0.2) is 50.8 Å². The van der Waals surface area contributed by atoms with Crippen LogP contribution in [0, 0.1) is 5.92 Å². The number of methoxy groups -OCH3 is 1. The number of aliphatic hydroxyl groups is 1. The highest BCUT2D eigenvalue weighted by molar-refractivity contribution is 6.44. The van der Waals surface area contributed by atoms with Crippen LogP contribution in [0.2, 0.25) is 10.0 Å². The van der Waals surface area contributed by atoms with Crippen LogP contribution < -0.4 is 4.74 Å². The summed E-state index contributed by atoms with van der Waals surface area (Å²) in [4.78, 5) is 17.2. The summed E-state index contributed by atoms with van der Waals surface area (Å²) in [5.74, 6) is 0.512. The average molecular weight is 464 g/mol. The zero-order valence-electron chi connectivity index (χ0n) is 17.2. The van der Waals surface area contributed by atoms with Crippen molar-refractivity contribution >= 4 is 34.9 Å². The number of carboxylic acid groups (broad SMARTS) is 1. The molecule has 9 heteroatoms. The number of carbonyl (C=O) groups is 1. The molecule has 0 spiro atoms. The second kappa shape index (κ2) is 8.22. The first-order chi connectivity index (χ1) is 14.7.